The van der Waals surface area contributed by atoms with Crippen molar-refractivity contribution in [3.8, 4) is 11.3 Å². The topological polar surface area (TPSA) is 63.1 Å². The van der Waals surface area contributed by atoms with Gasteiger partial charge in [-0.05, 0) is 25.1 Å². The second-order valence-electron chi connectivity index (χ2n) is 3.43. The summed E-state index contributed by atoms with van der Waals surface area (Å²) < 4.78 is 0. The van der Waals surface area contributed by atoms with Crippen molar-refractivity contribution >= 4 is 5.97 Å². The maximum absolute atomic E-state index is 10.8. The van der Waals surface area contributed by atoms with Crippen molar-refractivity contribution in [2.24, 2.45) is 0 Å². The Morgan fingerprint density at radius 3 is 2.81 bits per heavy atom. The van der Waals surface area contributed by atoms with Gasteiger partial charge in [0.2, 0.25) is 0 Å². The van der Waals surface area contributed by atoms with Crippen LogP contribution in [0.15, 0.2) is 36.7 Å². The first-order valence-electron chi connectivity index (χ1n) is 4.79. The van der Waals surface area contributed by atoms with Crippen LogP contribution in [0, 0.1) is 6.92 Å². The van der Waals surface area contributed by atoms with Crippen LogP contribution in [0.5, 0.6) is 0 Å². The van der Waals surface area contributed by atoms with Gasteiger partial charge in [0.1, 0.15) is 0 Å². The van der Waals surface area contributed by atoms with Crippen molar-refractivity contribution in [3.05, 3.63) is 47.9 Å². The normalized spacial score (nSPS) is 10.1. The smallest absolute Gasteiger partial charge is 0.337 e. The van der Waals surface area contributed by atoms with Gasteiger partial charge in [0.25, 0.3) is 0 Å². The first-order valence-corrected chi connectivity index (χ1v) is 4.79. The number of carbonyl (C=O) groups is 1. The zero-order valence-corrected chi connectivity index (χ0v) is 8.71. The van der Waals surface area contributed by atoms with Crippen LogP contribution in [0.4, 0.5) is 0 Å². The van der Waals surface area contributed by atoms with Crippen LogP contribution in [0.2, 0.25) is 0 Å². The van der Waals surface area contributed by atoms with Crippen molar-refractivity contribution in [2.75, 3.05) is 0 Å². The fourth-order valence-corrected chi connectivity index (χ4v) is 1.40. The number of nitrogens with zero attached hydrogens (tertiary/aromatic N) is 2. The largest absolute Gasteiger partial charge is 0.478 e. The summed E-state index contributed by atoms with van der Waals surface area (Å²) in [5.74, 6) is -0.984. The molecule has 16 heavy (non-hydrogen) atoms. The quantitative estimate of drug-likeness (QED) is 0.831. The second kappa shape index (κ2) is 4.10. The summed E-state index contributed by atoms with van der Waals surface area (Å²) >= 11 is 0. The molecule has 0 aliphatic carbocycles. The molecular weight excluding hydrogens is 204 g/mol. The Labute approximate surface area is 92.6 Å². The van der Waals surface area contributed by atoms with Crippen LogP contribution >= 0.6 is 0 Å². The summed E-state index contributed by atoms with van der Waals surface area (Å²) in [7, 11) is 0. The molecule has 0 aliphatic rings. The number of rotatable bonds is 2. The van der Waals surface area contributed by atoms with Crippen LogP contribution in [0.3, 0.4) is 0 Å². The van der Waals surface area contributed by atoms with Crippen LogP contribution in [-0.4, -0.2) is 21.0 Å². The molecule has 1 N–H and O–H groups in total. The predicted octanol–water partition coefficient (Wildman–Crippen LogP) is 2.15. The van der Waals surface area contributed by atoms with Gasteiger partial charge in [-0.15, -0.1) is 0 Å². The number of carboxylic acids is 1. The molecule has 4 nitrogen and oxygen atoms in total. The van der Waals surface area contributed by atoms with Crippen molar-refractivity contribution in [1.29, 1.82) is 0 Å². The molecule has 2 heterocycles. The Balaban J connectivity index is 2.48. The highest BCUT2D eigenvalue weighted by Crippen LogP contribution is 2.17. The average Bonchev–Trinajstić information content (AvgIpc) is 2.29. The summed E-state index contributed by atoms with van der Waals surface area (Å²) in [6, 6.07) is 7.16. The van der Waals surface area contributed by atoms with E-state index >= 15 is 0 Å². The lowest BCUT2D eigenvalue weighted by Gasteiger charge is -2.02. The Kier molecular flexibility index (Phi) is 2.64. The van der Waals surface area contributed by atoms with Gasteiger partial charge >= 0.3 is 5.97 Å². The zero-order chi connectivity index (χ0) is 11.5. The van der Waals surface area contributed by atoms with E-state index in [1.165, 1.54) is 6.20 Å². The van der Waals surface area contributed by atoms with E-state index in [4.69, 9.17) is 5.11 Å². The molecule has 0 amide bonds. The first-order chi connectivity index (χ1) is 7.66. The summed E-state index contributed by atoms with van der Waals surface area (Å²) in [5.41, 5.74) is 2.50. The summed E-state index contributed by atoms with van der Waals surface area (Å²) in [6.45, 7) is 1.89. The number of aryl methyl sites for hydroxylation is 1. The minimum atomic E-state index is -0.984. The molecular formula is C12H10N2O2. The molecule has 0 aliphatic heterocycles. The van der Waals surface area contributed by atoms with Gasteiger partial charge in [-0.3, -0.25) is 9.97 Å². The van der Waals surface area contributed by atoms with Gasteiger partial charge in [0.05, 0.1) is 11.3 Å². The molecule has 2 aromatic rings. The monoisotopic (exact) mass is 214 g/mol. The Hall–Kier alpha value is -2.23. The van der Waals surface area contributed by atoms with Gasteiger partial charge in [-0.1, -0.05) is 6.07 Å². The molecule has 0 atom stereocenters. The SMILES string of the molecule is Cc1cccc(-c2cncc(C(=O)O)c2)n1. The van der Waals surface area contributed by atoms with E-state index in [1.807, 2.05) is 25.1 Å². The van der Waals surface area contributed by atoms with Crippen molar-refractivity contribution in [2.45, 2.75) is 6.92 Å². The maximum atomic E-state index is 10.8. The number of carboxylic acid groups (broad SMARTS) is 1. The number of aromatic nitrogens is 2. The zero-order valence-electron chi connectivity index (χ0n) is 8.71. The van der Waals surface area contributed by atoms with E-state index in [-0.39, 0.29) is 5.56 Å². The van der Waals surface area contributed by atoms with E-state index in [2.05, 4.69) is 9.97 Å². The number of pyridine rings is 2. The van der Waals surface area contributed by atoms with E-state index < -0.39 is 5.97 Å². The molecule has 0 saturated heterocycles. The molecule has 0 unspecified atom stereocenters. The first kappa shape index (κ1) is 10.3. The average molecular weight is 214 g/mol. The second-order valence-corrected chi connectivity index (χ2v) is 3.43. The third-order valence-electron chi connectivity index (χ3n) is 2.17. The molecule has 0 radical (unpaired) electrons. The predicted molar refractivity (Wildman–Crippen MR) is 59.2 cm³/mol. The van der Waals surface area contributed by atoms with E-state index in [0.29, 0.717) is 5.56 Å². The molecule has 4 heteroatoms. The highest BCUT2D eigenvalue weighted by atomic mass is 16.4. The minimum absolute atomic E-state index is 0.167. The lowest BCUT2D eigenvalue weighted by atomic mass is 10.1. The van der Waals surface area contributed by atoms with Gasteiger partial charge in [-0.2, -0.15) is 0 Å². The molecule has 2 rings (SSSR count). The Morgan fingerprint density at radius 1 is 1.31 bits per heavy atom. The standard InChI is InChI=1S/C12H10N2O2/c1-8-3-2-4-11(14-8)9-5-10(12(15)16)7-13-6-9/h2-7H,1H3,(H,15,16). The third-order valence-corrected chi connectivity index (χ3v) is 2.17. The van der Waals surface area contributed by atoms with Crippen LogP contribution in [0.25, 0.3) is 11.3 Å². The van der Waals surface area contributed by atoms with E-state index in [1.54, 1.807) is 12.3 Å². The summed E-state index contributed by atoms with van der Waals surface area (Å²) in [4.78, 5) is 19.0. The molecule has 80 valence electrons. The molecule has 0 aromatic carbocycles. The van der Waals surface area contributed by atoms with E-state index in [0.717, 1.165) is 11.4 Å². The fourth-order valence-electron chi connectivity index (χ4n) is 1.40. The fraction of sp³-hybridized carbons (Fsp3) is 0.0833. The van der Waals surface area contributed by atoms with E-state index in [9.17, 15) is 4.79 Å². The summed E-state index contributed by atoms with van der Waals surface area (Å²) in [5, 5.41) is 8.85. The van der Waals surface area contributed by atoms with Crippen LogP contribution in [0.1, 0.15) is 16.1 Å². The molecule has 0 spiro atoms. The van der Waals surface area contributed by atoms with Crippen molar-refractivity contribution in [1.82, 2.24) is 9.97 Å². The summed E-state index contributed by atoms with van der Waals surface area (Å²) in [6.07, 6.45) is 2.93. The highest BCUT2D eigenvalue weighted by Gasteiger charge is 2.06. The van der Waals surface area contributed by atoms with Gasteiger partial charge in [-0.25, -0.2) is 4.79 Å². The lowest BCUT2D eigenvalue weighted by Crippen LogP contribution is -1.97. The van der Waals surface area contributed by atoms with Gasteiger partial charge in [0, 0.05) is 23.7 Å². The molecule has 0 fully saturated rings. The van der Waals surface area contributed by atoms with Crippen LogP contribution < -0.4 is 0 Å². The number of aromatic carboxylic acids is 1. The number of hydrogen-bond acceptors (Lipinski definition) is 3. The van der Waals surface area contributed by atoms with Crippen molar-refractivity contribution in [3.63, 3.8) is 0 Å². The van der Waals surface area contributed by atoms with Gasteiger partial charge in [0.15, 0.2) is 0 Å². The molecule has 0 bridgehead atoms. The Morgan fingerprint density at radius 2 is 2.12 bits per heavy atom. The number of hydrogen-bond donors (Lipinski definition) is 1. The molecule has 0 saturated carbocycles. The lowest BCUT2D eigenvalue weighted by molar-refractivity contribution is 0.0696. The highest BCUT2D eigenvalue weighted by molar-refractivity contribution is 5.88. The molecule has 2 aromatic heterocycles. The van der Waals surface area contributed by atoms with Gasteiger partial charge < -0.3 is 5.11 Å². The minimum Gasteiger partial charge on any atom is -0.478 e. The third kappa shape index (κ3) is 2.06. The van der Waals surface area contributed by atoms with Crippen LogP contribution in [-0.2, 0) is 0 Å². The Bertz CT molecular complexity index is 538. The van der Waals surface area contributed by atoms with Crippen molar-refractivity contribution < 1.29 is 9.90 Å². The maximum Gasteiger partial charge on any atom is 0.337 e.